The second kappa shape index (κ2) is 9.69. The van der Waals surface area contributed by atoms with Gasteiger partial charge in [-0.2, -0.15) is 0 Å². The Labute approximate surface area is 217 Å². The molecule has 8 heteroatoms. The van der Waals surface area contributed by atoms with Gasteiger partial charge in [0.25, 0.3) is 0 Å². The van der Waals surface area contributed by atoms with Crippen LogP contribution in [0.25, 0.3) is 17.2 Å². The molecule has 2 aromatic carbocycles. The van der Waals surface area contributed by atoms with Crippen molar-refractivity contribution in [1.82, 2.24) is 10.3 Å². The van der Waals surface area contributed by atoms with Crippen LogP contribution in [0.5, 0.6) is 0 Å². The molecule has 7 nitrogen and oxygen atoms in total. The number of hydrogen-bond donors (Lipinski definition) is 2. The molecule has 0 atom stereocenters. The summed E-state index contributed by atoms with van der Waals surface area (Å²) in [5.41, 5.74) is 4.72. The minimum absolute atomic E-state index is 0.0210. The number of alkyl carbamates (subject to hydrolysis) is 1. The number of carbonyl (C=O) groups excluding carboxylic acids is 1. The van der Waals surface area contributed by atoms with Crippen LogP contribution >= 0.6 is 0 Å². The zero-order chi connectivity index (χ0) is 26.2. The standard InChI is InChI=1S/C29H31BN2O5/c1-28(2)29(3,4)37-30(36-28)20(15-19-13-14-31-26(33)16-19)17-32-27(34)35-18-25-23-11-7-5-9-21(23)22-10-6-8-12-24(22)25/h5-16,25H,17-18H2,1-4H3,(H,31,33)(H,32,34). The number of fused-ring (bicyclic) bond motifs is 3. The molecule has 37 heavy (non-hydrogen) atoms. The third-order valence-electron chi connectivity index (χ3n) is 7.49. The molecule has 1 aliphatic carbocycles. The van der Waals surface area contributed by atoms with Crippen LogP contribution in [0, 0.1) is 0 Å². The van der Waals surface area contributed by atoms with Crippen molar-refractivity contribution in [2.24, 2.45) is 0 Å². The summed E-state index contributed by atoms with van der Waals surface area (Å²) in [6.07, 6.45) is 2.85. The molecule has 2 N–H and O–H groups in total. The number of benzene rings is 2. The lowest BCUT2D eigenvalue weighted by Crippen LogP contribution is -2.41. The molecule has 1 saturated heterocycles. The van der Waals surface area contributed by atoms with Crippen molar-refractivity contribution in [2.45, 2.75) is 44.8 Å². The van der Waals surface area contributed by atoms with Crippen LogP contribution < -0.4 is 10.9 Å². The molecule has 0 radical (unpaired) electrons. The van der Waals surface area contributed by atoms with E-state index in [0.29, 0.717) is 11.0 Å². The summed E-state index contributed by atoms with van der Waals surface area (Å²) < 4.78 is 18.1. The molecule has 1 aromatic heterocycles. The second-order valence-corrected chi connectivity index (χ2v) is 10.5. The predicted molar refractivity (Wildman–Crippen MR) is 144 cm³/mol. The summed E-state index contributed by atoms with van der Waals surface area (Å²) in [7, 11) is -0.682. The fourth-order valence-electron chi connectivity index (χ4n) is 4.79. The van der Waals surface area contributed by atoms with Gasteiger partial charge >= 0.3 is 13.2 Å². The first kappa shape index (κ1) is 25.1. The van der Waals surface area contributed by atoms with Gasteiger partial charge in [0.1, 0.15) is 6.61 Å². The Bertz CT molecular complexity index is 1350. The minimum atomic E-state index is -0.682. The summed E-state index contributed by atoms with van der Waals surface area (Å²) in [6.45, 7) is 8.24. The van der Waals surface area contributed by atoms with Gasteiger partial charge in [-0.25, -0.2) is 4.79 Å². The van der Waals surface area contributed by atoms with Gasteiger partial charge in [0, 0.05) is 24.7 Å². The molecule has 0 saturated carbocycles. The highest BCUT2D eigenvalue weighted by atomic mass is 16.7. The van der Waals surface area contributed by atoms with Crippen molar-refractivity contribution in [3.05, 3.63) is 99.4 Å². The van der Waals surface area contributed by atoms with Crippen molar-refractivity contribution in [2.75, 3.05) is 13.2 Å². The summed E-state index contributed by atoms with van der Waals surface area (Å²) in [5.74, 6) is -0.0210. The maximum Gasteiger partial charge on any atom is 0.492 e. The van der Waals surface area contributed by atoms with Crippen molar-refractivity contribution in [3.63, 3.8) is 0 Å². The molecular formula is C29H31BN2O5. The van der Waals surface area contributed by atoms with Crippen LogP contribution in [0.4, 0.5) is 4.79 Å². The number of pyridine rings is 1. The van der Waals surface area contributed by atoms with Crippen LogP contribution in [-0.2, 0) is 14.0 Å². The van der Waals surface area contributed by atoms with Gasteiger partial charge in [0.05, 0.1) is 11.2 Å². The molecule has 1 amide bonds. The van der Waals surface area contributed by atoms with Gasteiger partial charge in [0.2, 0.25) is 5.56 Å². The molecule has 0 bridgehead atoms. The Morgan fingerprint density at radius 1 is 1.00 bits per heavy atom. The first-order valence-electron chi connectivity index (χ1n) is 12.5. The van der Waals surface area contributed by atoms with Crippen LogP contribution in [0.2, 0.25) is 0 Å². The molecular weight excluding hydrogens is 467 g/mol. The third kappa shape index (κ3) is 4.99. The molecule has 2 heterocycles. The summed E-state index contributed by atoms with van der Waals surface area (Å²) >= 11 is 0. The Balaban J connectivity index is 1.30. The largest absolute Gasteiger partial charge is 0.492 e. The fraction of sp³-hybridized carbons (Fsp3) is 0.310. The number of rotatable bonds is 6. The topological polar surface area (TPSA) is 89.7 Å². The lowest BCUT2D eigenvalue weighted by Gasteiger charge is -2.32. The average molecular weight is 498 g/mol. The predicted octanol–water partition coefficient (Wildman–Crippen LogP) is 4.93. The van der Waals surface area contributed by atoms with Crippen molar-refractivity contribution < 1.29 is 18.8 Å². The van der Waals surface area contributed by atoms with Gasteiger partial charge in [-0.3, -0.25) is 4.79 Å². The highest BCUT2D eigenvalue weighted by molar-refractivity contribution is 6.56. The van der Waals surface area contributed by atoms with E-state index >= 15 is 0 Å². The summed E-state index contributed by atoms with van der Waals surface area (Å²) in [5, 5.41) is 2.85. The molecule has 2 aliphatic rings. The zero-order valence-corrected chi connectivity index (χ0v) is 21.5. The van der Waals surface area contributed by atoms with Crippen LogP contribution in [0.1, 0.15) is 50.3 Å². The Hall–Kier alpha value is -3.62. The van der Waals surface area contributed by atoms with E-state index in [9.17, 15) is 9.59 Å². The number of amides is 1. The Morgan fingerprint density at radius 2 is 1.59 bits per heavy atom. The van der Waals surface area contributed by atoms with E-state index in [1.165, 1.54) is 17.2 Å². The number of hydrogen-bond acceptors (Lipinski definition) is 5. The minimum Gasteiger partial charge on any atom is -0.449 e. The number of ether oxygens (including phenoxy) is 1. The molecule has 190 valence electrons. The van der Waals surface area contributed by atoms with E-state index in [1.807, 2.05) is 52.0 Å². The maximum absolute atomic E-state index is 12.8. The van der Waals surface area contributed by atoms with Crippen LogP contribution in [0.3, 0.4) is 0 Å². The average Bonchev–Trinajstić information content (AvgIpc) is 3.29. The quantitative estimate of drug-likeness (QED) is 0.471. The normalized spacial score (nSPS) is 17.8. The van der Waals surface area contributed by atoms with Gasteiger partial charge in [-0.05, 0) is 67.1 Å². The molecule has 0 spiro atoms. The number of aromatic amines is 1. The number of nitrogens with one attached hydrogen (secondary N) is 2. The lowest BCUT2D eigenvalue weighted by atomic mass is 9.77. The summed E-state index contributed by atoms with van der Waals surface area (Å²) in [6, 6.07) is 19.7. The molecule has 0 unspecified atom stereocenters. The highest BCUT2D eigenvalue weighted by Crippen LogP contribution is 2.44. The van der Waals surface area contributed by atoms with Gasteiger partial charge < -0.3 is 24.3 Å². The van der Waals surface area contributed by atoms with E-state index < -0.39 is 24.4 Å². The van der Waals surface area contributed by atoms with Crippen molar-refractivity contribution >= 4 is 19.3 Å². The van der Waals surface area contributed by atoms with Gasteiger partial charge in [-0.1, -0.05) is 54.6 Å². The van der Waals surface area contributed by atoms with E-state index in [-0.39, 0.29) is 24.6 Å². The fourth-order valence-corrected chi connectivity index (χ4v) is 4.79. The number of H-pyrrole nitrogens is 1. The maximum atomic E-state index is 12.8. The third-order valence-corrected chi connectivity index (χ3v) is 7.49. The number of carbonyl (C=O) groups is 1. The molecule has 3 aromatic rings. The molecule has 1 aliphatic heterocycles. The van der Waals surface area contributed by atoms with Gasteiger partial charge in [-0.15, -0.1) is 0 Å². The zero-order valence-electron chi connectivity index (χ0n) is 21.5. The highest BCUT2D eigenvalue weighted by Gasteiger charge is 2.52. The smallest absolute Gasteiger partial charge is 0.449 e. The molecule has 5 rings (SSSR count). The SMILES string of the molecule is CC1(C)OB(C(=Cc2cc[nH]c(=O)c2)CNC(=O)OCC2c3ccccc3-c3ccccc32)OC1(C)C. The van der Waals surface area contributed by atoms with E-state index in [4.69, 9.17) is 14.0 Å². The number of aromatic nitrogens is 1. The van der Waals surface area contributed by atoms with E-state index in [0.717, 1.165) is 11.1 Å². The van der Waals surface area contributed by atoms with Crippen molar-refractivity contribution in [3.8, 4) is 11.1 Å². The van der Waals surface area contributed by atoms with Crippen LogP contribution in [0.15, 0.2) is 77.1 Å². The Morgan fingerprint density at radius 3 is 2.19 bits per heavy atom. The monoisotopic (exact) mass is 498 g/mol. The van der Waals surface area contributed by atoms with Crippen molar-refractivity contribution in [1.29, 1.82) is 0 Å². The first-order valence-corrected chi connectivity index (χ1v) is 12.5. The second-order valence-electron chi connectivity index (χ2n) is 10.5. The summed E-state index contributed by atoms with van der Waals surface area (Å²) in [4.78, 5) is 27.2. The van der Waals surface area contributed by atoms with E-state index in [1.54, 1.807) is 18.3 Å². The van der Waals surface area contributed by atoms with Gasteiger partial charge in [0.15, 0.2) is 0 Å². The van der Waals surface area contributed by atoms with E-state index in [2.05, 4.69) is 34.6 Å². The molecule has 1 fully saturated rings. The van der Waals surface area contributed by atoms with Crippen LogP contribution in [-0.4, -0.2) is 42.5 Å². The Kier molecular flexibility index (Phi) is 6.56. The first-order chi connectivity index (χ1) is 17.6. The lowest BCUT2D eigenvalue weighted by molar-refractivity contribution is 0.00578.